The van der Waals surface area contributed by atoms with Crippen molar-refractivity contribution in [3.8, 4) is 5.69 Å². The topological polar surface area (TPSA) is 18.1 Å². The van der Waals surface area contributed by atoms with Crippen LogP contribution in [0.15, 0.2) is 132 Å². The molecule has 0 fully saturated rings. The van der Waals surface area contributed by atoms with Crippen LogP contribution in [0.3, 0.4) is 0 Å². The van der Waals surface area contributed by atoms with Crippen molar-refractivity contribution in [2.24, 2.45) is 0 Å². The van der Waals surface area contributed by atoms with Crippen LogP contribution in [0, 0.1) is 0 Å². The molecule has 7 aromatic carbocycles. The standard InChI is InChI=1S/C36H21NO/c1-2-11-25-23(9-1)24-10-3-4-12-26(24)31-21-22(17-18-27(25)31)37-32-15-7-5-14-30(32)35-33(37)20-19-29-28-13-6-8-16-34(28)38-36(29)35/h1-21H. The Kier molecular flexibility index (Phi) is 3.82. The molecule has 9 rings (SSSR count). The van der Waals surface area contributed by atoms with Crippen LogP contribution in [0.1, 0.15) is 0 Å². The quantitative estimate of drug-likeness (QED) is 0.212. The average Bonchev–Trinajstić information content (AvgIpc) is 3.53. The summed E-state index contributed by atoms with van der Waals surface area (Å²) >= 11 is 0. The van der Waals surface area contributed by atoms with Gasteiger partial charge in [-0.1, -0.05) is 91.0 Å². The highest BCUT2D eigenvalue weighted by atomic mass is 16.3. The average molecular weight is 484 g/mol. The first-order valence-electron chi connectivity index (χ1n) is 13.0. The number of hydrogen-bond donors (Lipinski definition) is 0. The minimum atomic E-state index is 0.927. The van der Waals surface area contributed by atoms with Crippen molar-refractivity contribution in [1.82, 2.24) is 4.57 Å². The Balaban J connectivity index is 1.44. The van der Waals surface area contributed by atoms with Crippen molar-refractivity contribution in [1.29, 1.82) is 0 Å². The van der Waals surface area contributed by atoms with Crippen LogP contribution in [-0.4, -0.2) is 4.57 Å². The van der Waals surface area contributed by atoms with E-state index < -0.39 is 0 Å². The lowest BCUT2D eigenvalue weighted by Crippen LogP contribution is -1.94. The molecule has 176 valence electrons. The first kappa shape index (κ1) is 20.0. The third kappa shape index (κ3) is 2.51. The van der Waals surface area contributed by atoms with Gasteiger partial charge in [0.25, 0.3) is 0 Å². The van der Waals surface area contributed by atoms with Gasteiger partial charge in [-0.3, -0.25) is 0 Å². The van der Waals surface area contributed by atoms with Gasteiger partial charge in [-0.05, 0) is 68.7 Å². The second-order valence-electron chi connectivity index (χ2n) is 10.1. The van der Waals surface area contributed by atoms with E-state index in [0.717, 1.165) is 38.5 Å². The lowest BCUT2D eigenvalue weighted by molar-refractivity contribution is 0.673. The second-order valence-corrected chi connectivity index (χ2v) is 10.1. The van der Waals surface area contributed by atoms with E-state index in [1.165, 1.54) is 43.2 Å². The van der Waals surface area contributed by atoms with Crippen LogP contribution in [0.5, 0.6) is 0 Å². The minimum Gasteiger partial charge on any atom is -0.455 e. The van der Waals surface area contributed by atoms with Gasteiger partial charge in [-0.25, -0.2) is 0 Å². The van der Waals surface area contributed by atoms with Gasteiger partial charge in [0, 0.05) is 21.8 Å². The molecule has 0 saturated heterocycles. The first-order valence-corrected chi connectivity index (χ1v) is 13.0. The largest absolute Gasteiger partial charge is 0.455 e. The third-order valence-electron chi connectivity index (χ3n) is 8.17. The Labute approximate surface area is 217 Å². The fourth-order valence-corrected chi connectivity index (χ4v) is 6.55. The van der Waals surface area contributed by atoms with E-state index in [1.54, 1.807) is 0 Å². The van der Waals surface area contributed by atoms with Crippen molar-refractivity contribution < 1.29 is 4.42 Å². The molecular weight excluding hydrogens is 462 g/mol. The van der Waals surface area contributed by atoms with Crippen LogP contribution in [-0.2, 0) is 0 Å². The lowest BCUT2D eigenvalue weighted by Gasteiger charge is -2.13. The van der Waals surface area contributed by atoms with Gasteiger partial charge in [0.2, 0.25) is 0 Å². The predicted octanol–water partition coefficient (Wildman–Crippen LogP) is 10.1. The minimum absolute atomic E-state index is 0.927. The molecule has 0 atom stereocenters. The van der Waals surface area contributed by atoms with Crippen molar-refractivity contribution in [2.75, 3.05) is 0 Å². The summed E-state index contributed by atoms with van der Waals surface area (Å²) in [6.45, 7) is 0. The number of furan rings is 1. The molecule has 0 saturated carbocycles. The third-order valence-corrected chi connectivity index (χ3v) is 8.17. The molecular formula is C36H21NO. The Morgan fingerprint density at radius 2 is 0.947 bits per heavy atom. The van der Waals surface area contributed by atoms with Crippen molar-refractivity contribution in [3.63, 3.8) is 0 Å². The molecule has 2 aromatic heterocycles. The van der Waals surface area contributed by atoms with E-state index in [1.807, 2.05) is 6.07 Å². The maximum absolute atomic E-state index is 6.49. The molecule has 0 bridgehead atoms. The van der Waals surface area contributed by atoms with E-state index in [0.29, 0.717) is 0 Å². The van der Waals surface area contributed by atoms with Gasteiger partial charge >= 0.3 is 0 Å². The molecule has 2 nitrogen and oxygen atoms in total. The Hall–Kier alpha value is -5.08. The van der Waals surface area contributed by atoms with Crippen molar-refractivity contribution in [2.45, 2.75) is 0 Å². The molecule has 2 heterocycles. The maximum Gasteiger partial charge on any atom is 0.145 e. The summed E-state index contributed by atoms with van der Waals surface area (Å²) in [5.41, 5.74) is 5.37. The van der Waals surface area contributed by atoms with Crippen LogP contribution in [0.4, 0.5) is 0 Å². The fraction of sp³-hybridized carbons (Fsp3) is 0. The molecule has 0 amide bonds. The van der Waals surface area contributed by atoms with Crippen molar-refractivity contribution >= 4 is 76.1 Å². The first-order chi connectivity index (χ1) is 18.9. The Morgan fingerprint density at radius 3 is 1.68 bits per heavy atom. The summed E-state index contributed by atoms with van der Waals surface area (Å²) < 4.78 is 8.88. The van der Waals surface area contributed by atoms with Gasteiger partial charge < -0.3 is 8.98 Å². The zero-order valence-electron chi connectivity index (χ0n) is 20.5. The summed E-state index contributed by atoms with van der Waals surface area (Å²) in [4.78, 5) is 0. The number of nitrogens with zero attached hydrogens (tertiary/aromatic N) is 1. The van der Waals surface area contributed by atoms with E-state index in [9.17, 15) is 0 Å². The van der Waals surface area contributed by atoms with Gasteiger partial charge in [-0.15, -0.1) is 0 Å². The van der Waals surface area contributed by atoms with E-state index in [2.05, 4.69) is 126 Å². The molecule has 0 aliphatic rings. The Bertz CT molecular complexity index is 2370. The van der Waals surface area contributed by atoms with Crippen molar-refractivity contribution in [3.05, 3.63) is 127 Å². The second kappa shape index (κ2) is 7.24. The fourth-order valence-electron chi connectivity index (χ4n) is 6.55. The highest BCUT2D eigenvalue weighted by molar-refractivity contribution is 6.26. The Morgan fingerprint density at radius 1 is 0.395 bits per heavy atom. The lowest BCUT2D eigenvalue weighted by atomic mass is 9.94. The zero-order chi connectivity index (χ0) is 24.8. The smallest absolute Gasteiger partial charge is 0.145 e. The maximum atomic E-state index is 6.49. The van der Waals surface area contributed by atoms with Crippen LogP contribution >= 0.6 is 0 Å². The van der Waals surface area contributed by atoms with E-state index in [-0.39, 0.29) is 0 Å². The summed E-state index contributed by atoms with van der Waals surface area (Å²) in [5.74, 6) is 0. The number of aromatic nitrogens is 1. The number of para-hydroxylation sites is 2. The highest BCUT2D eigenvalue weighted by Crippen LogP contribution is 2.42. The van der Waals surface area contributed by atoms with Crippen LogP contribution in [0.25, 0.3) is 81.7 Å². The molecule has 0 aliphatic heterocycles. The number of benzene rings is 7. The molecule has 0 N–H and O–H groups in total. The molecule has 0 radical (unpaired) electrons. The number of fused-ring (bicyclic) bond motifs is 13. The zero-order valence-corrected chi connectivity index (χ0v) is 20.5. The van der Waals surface area contributed by atoms with Crippen LogP contribution < -0.4 is 0 Å². The molecule has 38 heavy (non-hydrogen) atoms. The highest BCUT2D eigenvalue weighted by Gasteiger charge is 2.19. The van der Waals surface area contributed by atoms with E-state index >= 15 is 0 Å². The molecule has 0 spiro atoms. The SMILES string of the molecule is c1ccc2c(c1)oc1c2ccc2c1c1ccccc1n2-c1ccc2c3ccccc3c3ccccc3c2c1. The normalized spacial score (nSPS) is 12.2. The summed E-state index contributed by atoms with van der Waals surface area (Å²) in [6.07, 6.45) is 0. The summed E-state index contributed by atoms with van der Waals surface area (Å²) in [7, 11) is 0. The monoisotopic (exact) mass is 483 g/mol. The van der Waals surface area contributed by atoms with Gasteiger partial charge in [-0.2, -0.15) is 0 Å². The molecule has 0 aliphatic carbocycles. The van der Waals surface area contributed by atoms with Gasteiger partial charge in [0.05, 0.1) is 16.4 Å². The summed E-state index contributed by atoms with van der Waals surface area (Å²) in [6, 6.07) is 45.9. The number of hydrogen-bond acceptors (Lipinski definition) is 1. The van der Waals surface area contributed by atoms with Crippen LogP contribution in [0.2, 0.25) is 0 Å². The molecule has 0 unspecified atom stereocenters. The number of rotatable bonds is 1. The molecule has 9 aromatic rings. The van der Waals surface area contributed by atoms with Gasteiger partial charge in [0.1, 0.15) is 11.2 Å². The molecule has 2 heteroatoms. The summed E-state index contributed by atoms with van der Waals surface area (Å²) in [5, 5.41) is 12.4. The van der Waals surface area contributed by atoms with Gasteiger partial charge in [0.15, 0.2) is 0 Å². The predicted molar refractivity (Wildman–Crippen MR) is 161 cm³/mol. The van der Waals surface area contributed by atoms with E-state index in [4.69, 9.17) is 4.42 Å².